The first kappa shape index (κ1) is 19.9. The largest absolute Gasteiger partial charge is 0.497 e. The van der Waals surface area contributed by atoms with Crippen LogP contribution < -0.4 is 4.74 Å². The molecule has 3 aromatic rings. The highest BCUT2D eigenvalue weighted by atomic mass is 79.9. The molecule has 2 nitrogen and oxygen atoms in total. The van der Waals surface area contributed by atoms with Gasteiger partial charge in [-0.1, -0.05) is 76.6 Å². The van der Waals surface area contributed by atoms with Gasteiger partial charge in [0.2, 0.25) is 0 Å². The Balaban J connectivity index is 1.60. The Morgan fingerprint density at radius 3 is 2.59 bits per heavy atom. The van der Waals surface area contributed by atoms with Gasteiger partial charge in [0, 0.05) is 30.0 Å². The first-order valence-electron chi connectivity index (χ1n) is 10.1. The summed E-state index contributed by atoms with van der Waals surface area (Å²) < 4.78 is 6.65. The van der Waals surface area contributed by atoms with Crippen molar-refractivity contribution in [1.29, 1.82) is 0 Å². The van der Waals surface area contributed by atoms with Crippen LogP contribution in [0, 0.1) is 0 Å². The van der Waals surface area contributed by atoms with Gasteiger partial charge in [0.05, 0.1) is 7.11 Å². The van der Waals surface area contributed by atoms with Crippen LogP contribution in [0.3, 0.4) is 0 Å². The number of hydrogen-bond acceptors (Lipinski definition) is 2. The molecule has 1 atom stereocenters. The second-order valence-corrected chi connectivity index (χ2v) is 8.41. The van der Waals surface area contributed by atoms with Gasteiger partial charge in [-0.2, -0.15) is 0 Å². The van der Waals surface area contributed by atoms with E-state index in [4.69, 9.17) is 4.74 Å². The Labute approximate surface area is 182 Å². The second kappa shape index (κ2) is 9.43. The maximum atomic E-state index is 5.53. The fourth-order valence-corrected chi connectivity index (χ4v) is 4.29. The summed E-state index contributed by atoms with van der Waals surface area (Å²) in [6.07, 6.45) is 5.56. The summed E-state index contributed by atoms with van der Waals surface area (Å²) in [5.74, 6) is 1.27. The molecule has 1 heterocycles. The molecule has 0 saturated heterocycles. The lowest BCUT2D eigenvalue weighted by Gasteiger charge is -2.24. The van der Waals surface area contributed by atoms with Crippen molar-refractivity contribution in [3.63, 3.8) is 0 Å². The van der Waals surface area contributed by atoms with Gasteiger partial charge in [0.25, 0.3) is 0 Å². The van der Waals surface area contributed by atoms with E-state index in [1.807, 2.05) is 0 Å². The van der Waals surface area contributed by atoms with E-state index < -0.39 is 0 Å². The number of benzene rings is 3. The Bertz CT molecular complexity index is 966. The van der Waals surface area contributed by atoms with E-state index in [0.717, 1.165) is 36.3 Å². The van der Waals surface area contributed by atoms with Gasteiger partial charge in [-0.05, 0) is 52.9 Å². The molecule has 3 heteroatoms. The lowest BCUT2D eigenvalue weighted by molar-refractivity contribution is 0.306. The molecule has 0 aliphatic carbocycles. The standard InChI is InChI=1S/C26H26BrNO/c1-29-24-14-11-22-15-17-28(16-5-8-20-6-3-2-4-7-20)19-26(25(22)18-24)21-9-12-23(27)13-10-21/h2-14,18,26H,15-17,19H2,1H3/b8-5+. The van der Waals surface area contributed by atoms with Gasteiger partial charge in [0.15, 0.2) is 0 Å². The number of halogens is 1. The molecular formula is C26H26BrNO. The van der Waals surface area contributed by atoms with Gasteiger partial charge in [-0.3, -0.25) is 4.90 Å². The Kier molecular flexibility index (Phi) is 6.48. The summed E-state index contributed by atoms with van der Waals surface area (Å²) in [6, 6.07) is 25.8. The molecule has 0 amide bonds. The number of ether oxygens (including phenoxy) is 1. The van der Waals surface area contributed by atoms with E-state index in [1.54, 1.807) is 7.11 Å². The molecule has 0 N–H and O–H groups in total. The van der Waals surface area contributed by atoms with Crippen molar-refractivity contribution in [1.82, 2.24) is 4.90 Å². The highest BCUT2D eigenvalue weighted by molar-refractivity contribution is 9.10. The molecule has 0 bridgehead atoms. The zero-order valence-electron chi connectivity index (χ0n) is 16.7. The van der Waals surface area contributed by atoms with Crippen molar-refractivity contribution < 1.29 is 4.74 Å². The molecule has 0 fully saturated rings. The second-order valence-electron chi connectivity index (χ2n) is 7.49. The number of rotatable bonds is 5. The Hall–Kier alpha value is -2.36. The fraction of sp³-hybridized carbons (Fsp3) is 0.231. The Morgan fingerprint density at radius 1 is 1.03 bits per heavy atom. The van der Waals surface area contributed by atoms with Crippen LogP contribution in [-0.4, -0.2) is 31.6 Å². The summed E-state index contributed by atoms with van der Waals surface area (Å²) in [6.45, 7) is 3.01. The average molecular weight is 448 g/mol. The maximum absolute atomic E-state index is 5.53. The van der Waals surface area contributed by atoms with Crippen LogP contribution in [0.25, 0.3) is 6.08 Å². The summed E-state index contributed by atoms with van der Waals surface area (Å²) in [5, 5.41) is 0. The van der Waals surface area contributed by atoms with Crippen molar-refractivity contribution in [2.75, 3.05) is 26.7 Å². The molecule has 4 rings (SSSR count). The molecule has 0 saturated carbocycles. The zero-order chi connectivity index (χ0) is 20.1. The van der Waals surface area contributed by atoms with Gasteiger partial charge < -0.3 is 4.74 Å². The van der Waals surface area contributed by atoms with Crippen molar-refractivity contribution >= 4 is 22.0 Å². The minimum atomic E-state index is 0.334. The quantitative estimate of drug-likeness (QED) is 0.464. The van der Waals surface area contributed by atoms with Crippen molar-refractivity contribution in [3.8, 4) is 5.75 Å². The highest BCUT2D eigenvalue weighted by Crippen LogP contribution is 2.34. The molecule has 0 radical (unpaired) electrons. The predicted molar refractivity (Wildman–Crippen MR) is 125 cm³/mol. The minimum Gasteiger partial charge on any atom is -0.497 e. The zero-order valence-corrected chi connectivity index (χ0v) is 18.3. The van der Waals surface area contributed by atoms with Crippen LogP contribution in [0.5, 0.6) is 5.75 Å². The summed E-state index contributed by atoms with van der Waals surface area (Å²) in [4.78, 5) is 2.55. The normalized spacial score (nSPS) is 17.1. The van der Waals surface area contributed by atoms with Crippen molar-refractivity contribution in [3.05, 3.63) is 106 Å². The summed E-state index contributed by atoms with van der Waals surface area (Å²) in [7, 11) is 1.74. The topological polar surface area (TPSA) is 12.5 Å². The van der Waals surface area contributed by atoms with Crippen LogP contribution in [0.15, 0.2) is 83.3 Å². The van der Waals surface area contributed by atoms with Crippen LogP contribution in [-0.2, 0) is 6.42 Å². The number of fused-ring (bicyclic) bond motifs is 1. The molecule has 3 aromatic carbocycles. The summed E-state index contributed by atoms with van der Waals surface area (Å²) >= 11 is 3.57. The lowest BCUT2D eigenvalue weighted by Crippen LogP contribution is -2.29. The predicted octanol–water partition coefficient (Wildman–Crippen LogP) is 6.16. The van der Waals surface area contributed by atoms with Crippen LogP contribution in [0.4, 0.5) is 0 Å². The van der Waals surface area contributed by atoms with Gasteiger partial charge >= 0.3 is 0 Å². The molecule has 0 aromatic heterocycles. The SMILES string of the molecule is COc1ccc2c(c1)C(c1ccc(Br)cc1)CN(C/C=C/c1ccccc1)CC2. The van der Waals surface area contributed by atoms with E-state index in [9.17, 15) is 0 Å². The molecule has 29 heavy (non-hydrogen) atoms. The van der Waals surface area contributed by atoms with Crippen LogP contribution >= 0.6 is 15.9 Å². The van der Waals surface area contributed by atoms with Crippen LogP contribution in [0.2, 0.25) is 0 Å². The van der Waals surface area contributed by atoms with E-state index in [1.165, 1.54) is 22.3 Å². The molecule has 1 aliphatic heterocycles. The Morgan fingerprint density at radius 2 is 1.83 bits per heavy atom. The number of methoxy groups -OCH3 is 1. The first-order valence-corrected chi connectivity index (χ1v) is 10.9. The van der Waals surface area contributed by atoms with E-state index in [0.29, 0.717) is 5.92 Å². The molecule has 1 aliphatic rings. The average Bonchev–Trinajstić information content (AvgIpc) is 2.94. The minimum absolute atomic E-state index is 0.334. The third kappa shape index (κ3) is 4.98. The van der Waals surface area contributed by atoms with E-state index in [-0.39, 0.29) is 0 Å². The van der Waals surface area contributed by atoms with Gasteiger partial charge in [-0.25, -0.2) is 0 Å². The van der Waals surface area contributed by atoms with Crippen molar-refractivity contribution in [2.24, 2.45) is 0 Å². The fourth-order valence-electron chi connectivity index (χ4n) is 4.03. The smallest absolute Gasteiger partial charge is 0.119 e. The van der Waals surface area contributed by atoms with Gasteiger partial charge in [0.1, 0.15) is 5.75 Å². The lowest BCUT2D eigenvalue weighted by atomic mass is 9.88. The van der Waals surface area contributed by atoms with E-state index in [2.05, 4.69) is 106 Å². The maximum Gasteiger partial charge on any atom is 0.119 e. The molecular weight excluding hydrogens is 422 g/mol. The van der Waals surface area contributed by atoms with Crippen LogP contribution in [0.1, 0.15) is 28.2 Å². The molecule has 1 unspecified atom stereocenters. The van der Waals surface area contributed by atoms with Crippen molar-refractivity contribution in [2.45, 2.75) is 12.3 Å². The van der Waals surface area contributed by atoms with E-state index >= 15 is 0 Å². The molecule has 148 valence electrons. The number of nitrogens with zero attached hydrogens (tertiary/aromatic N) is 1. The highest BCUT2D eigenvalue weighted by Gasteiger charge is 2.24. The molecule has 0 spiro atoms. The summed E-state index contributed by atoms with van der Waals surface area (Å²) in [5.41, 5.74) is 5.41. The monoisotopic (exact) mass is 447 g/mol. The first-order chi connectivity index (χ1) is 14.2. The van der Waals surface area contributed by atoms with Gasteiger partial charge in [-0.15, -0.1) is 0 Å². The third-order valence-electron chi connectivity index (χ3n) is 5.61. The third-order valence-corrected chi connectivity index (χ3v) is 6.14. The number of hydrogen-bond donors (Lipinski definition) is 0.